The molecule has 2 nitrogen and oxygen atoms in total. The maximum absolute atomic E-state index is 11.5. The van der Waals surface area contributed by atoms with Gasteiger partial charge in [-0.25, -0.2) is 0 Å². The molecule has 0 fully saturated rings. The standard InChI is InChI=1S/C12H15ClO2S/c1-8-7-9(5-6-10(8)13)16-12(2,3)11(14)15-4/h5-7H,1-4H3. The van der Waals surface area contributed by atoms with Crippen molar-refractivity contribution in [3.63, 3.8) is 0 Å². The third-order valence-electron chi connectivity index (χ3n) is 2.18. The molecular weight excluding hydrogens is 244 g/mol. The molecule has 0 aliphatic heterocycles. The number of ether oxygens (including phenoxy) is 1. The van der Waals surface area contributed by atoms with Crippen molar-refractivity contribution in [3.8, 4) is 0 Å². The van der Waals surface area contributed by atoms with Crippen molar-refractivity contribution in [1.82, 2.24) is 0 Å². The molecule has 0 aliphatic rings. The average Bonchev–Trinajstić information content (AvgIpc) is 2.22. The van der Waals surface area contributed by atoms with E-state index >= 15 is 0 Å². The van der Waals surface area contributed by atoms with Gasteiger partial charge in [-0.15, -0.1) is 11.8 Å². The second-order valence-corrected chi connectivity index (χ2v) is 6.12. The van der Waals surface area contributed by atoms with Crippen molar-refractivity contribution in [2.45, 2.75) is 30.4 Å². The fourth-order valence-electron chi connectivity index (χ4n) is 1.26. The van der Waals surface area contributed by atoms with Gasteiger partial charge in [0, 0.05) is 9.92 Å². The first-order valence-electron chi connectivity index (χ1n) is 4.90. The Bertz CT molecular complexity index is 402. The third kappa shape index (κ3) is 3.16. The summed E-state index contributed by atoms with van der Waals surface area (Å²) in [7, 11) is 1.40. The molecule has 0 aliphatic carbocycles. The molecule has 16 heavy (non-hydrogen) atoms. The number of halogens is 1. The Kier molecular flexibility index (Phi) is 4.28. The van der Waals surface area contributed by atoms with Gasteiger partial charge in [0.15, 0.2) is 0 Å². The lowest BCUT2D eigenvalue weighted by Crippen LogP contribution is -2.28. The number of benzene rings is 1. The lowest BCUT2D eigenvalue weighted by atomic mass is 10.2. The highest BCUT2D eigenvalue weighted by molar-refractivity contribution is 8.01. The quantitative estimate of drug-likeness (QED) is 0.611. The number of hydrogen-bond acceptors (Lipinski definition) is 3. The van der Waals surface area contributed by atoms with E-state index in [2.05, 4.69) is 0 Å². The first kappa shape index (κ1) is 13.4. The molecule has 0 N–H and O–H groups in total. The van der Waals surface area contributed by atoms with E-state index in [0.29, 0.717) is 0 Å². The summed E-state index contributed by atoms with van der Waals surface area (Å²) in [6.07, 6.45) is 0. The van der Waals surface area contributed by atoms with Gasteiger partial charge in [0.25, 0.3) is 0 Å². The van der Waals surface area contributed by atoms with Gasteiger partial charge in [0.2, 0.25) is 0 Å². The molecule has 0 unspecified atom stereocenters. The molecule has 0 bridgehead atoms. The highest BCUT2D eigenvalue weighted by Gasteiger charge is 2.30. The zero-order valence-corrected chi connectivity index (χ0v) is 11.4. The molecule has 1 aromatic carbocycles. The van der Waals surface area contributed by atoms with Crippen LogP contribution in [0.4, 0.5) is 0 Å². The summed E-state index contributed by atoms with van der Waals surface area (Å²) in [5, 5.41) is 0.736. The van der Waals surface area contributed by atoms with Gasteiger partial charge in [-0.2, -0.15) is 0 Å². The number of methoxy groups -OCH3 is 1. The van der Waals surface area contributed by atoms with Gasteiger partial charge in [-0.05, 0) is 44.5 Å². The van der Waals surface area contributed by atoms with Crippen LogP contribution in [-0.2, 0) is 9.53 Å². The van der Waals surface area contributed by atoms with E-state index in [9.17, 15) is 4.79 Å². The maximum Gasteiger partial charge on any atom is 0.321 e. The average molecular weight is 259 g/mol. The lowest BCUT2D eigenvalue weighted by molar-refractivity contribution is -0.142. The maximum atomic E-state index is 11.5. The Morgan fingerprint density at radius 1 is 1.44 bits per heavy atom. The number of thioether (sulfide) groups is 1. The predicted octanol–water partition coefficient (Wildman–Crippen LogP) is 3.69. The van der Waals surface area contributed by atoms with Crippen molar-refractivity contribution in [2.75, 3.05) is 7.11 Å². The summed E-state index contributed by atoms with van der Waals surface area (Å²) in [4.78, 5) is 12.5. The molecule has 0 spiro atoms. The number of aryl methyl sites for hydroxylation is 1. The minimum atomic E-state index is -0.588. The summed E-state index contributed by atoms with van der Waals surface area (Å²) in [6, 6.07) is 5.72. The van der Waals surface area contributed by atoms with Crippen LogP contribution in [0.3, 0.4) is 0 Å². The Morgan fingerprint density at radius 2 is 2.06 bits per heavy atom. The molecule has 4 heteroatoms. The summed E-state index contributed by atoms with van der Waals surface area (Å²) in [6.45, 7) is 5.62. The van der Waals surface area contributed by atoms with Gasteiger partial charge < -0.3 is 4.74 Å². The SMILES string of the molecule is COC(=O)C(C)(C)Sc1ccc(Cl)c(C)c1. The summed E-state index contributed by atoms with van der Waals surface area (Å²) in [5.74, 6) is -0.231. The van der Waals surface area contributed by atoms with E-state index in [1.807, 2.05) is 39.0 Å². The van der Waals surface area contributed by atoms with E-state index in [4.69, 9.17) is 16.3 Å². The molecule has 0 saturated carbocycles. The van der Waals surface area contributed by atoms with Crippen LogP contribution in [0.2, 0.25) is 5.02 Å². The third-order valence-corrected chi connectivity index (χ3v) is 3.77. The normalized spacial score (nSPS) is 11.3. The van der Waals surface area contributed by atoms with Crippen LogP contribution in [-0.4, -0.2) is 17.8 Å². The lowest BCUT2D eigenvalue weighted by Gasteiger charge is -2.20. The fourth-order valence-corrected chi connectivity index (χ4v) is 2.51. The Morgan fingerprint density at radius 3 is 2.56 bits per heavy atom. The largest absolute Gasteiger partial charge is 0.468 e. The van der Waals surface area contributed by atoms with Gasteiger partial charge in [0.05, 0.1) is 7.11 Å². The molecule has 1 aromatic rings. The molecule has 0 atom stereocenters. The molecular formula is C12H15ClO2S. The van der Waals surface area contributed by atoms with Gasteiger partial charge in [0.1, 0.15) is 4.75 Å². The number of carbonyl (C=O) groups is 1. The second-order valence-electron chi connectivity index (χ2n) is 4.01. The van der Waals surface area contributed by atoms with Crippen LogP contribution < -0.4 is 0 Å². The zero-order chi connectivity index (χ0) is 12.3. The van der Waals surface area contributed by atoms with Crippen molar-refractivity contribution < 1.29 is 9.53 Å². The first-order valence-corrected chi connectivity index (χ1v) is 6.10. The fraction of sp³-hybridized carbons (Fsp3) is 0.417. The number of esters is 1. The molecule has 0 heterocycles. The number of hydrogen-bond donors (Lipinski definition) is 0. The van der Waals surface area contributed by atoms with Crippen LogP contribution in [0.25, 0.3) is 0 Å². The van der Waals surface area contributed by atoms with Crippen LogP contribution in [0.1, 0.15) is 19.4 Å². The molecule has 88 valence electrons. The summed E-state index contributed by atoms with van der Waals surface area (Å²) >= 11 is 7.41. The van der Waals surface area contributed by atoms with E-state index in [-0.39, 0.29) is 5.97 Å². The topological polar surface area (TPSA) is 26.3 Å². The highest BCUT2D eigenvalue weighted by Crippen LogP contribution is 2.34. The van der Waals surface area contributed by atoms with Gasteiger partial charge in [-0.3, -0.25) is 4.79 Å². The monoisotopic (exact) mass is 258 g/mol. The molecule has 0 aromatic heterocycles. The van der Waals surface area contributed by atoms with Gasteiger partial charge >= 0.3 is 5.97 Å². The summed E-state index contributed by atoms with van der Waals surface area (Å²) < 4.78 is 4.17. The van der Waals surface area contributed by atoms with Crippen molar-refractivity contribution in [1.29, 1.82) is 0 Å². The van der Waals surface area contributed by atoms with Crippen LogP contribution in [0.15, 0.2) is 23.1 Å². The molecule has 0 radical (unpaired) electrons. The number of rotatable bonds is 3. The predicted molar refractivity (Wildman–Crippen MR) is 68.1 cm³/mol. The molecule has 0 saturated heterocycles. The Hall–Kier alpha value is -0.670. The van der Waals surface area contributed by atoms with E-state index in [1.165, 1.54) is 18.9 Å². The number of carbonyl (C=O) groups excluding carboxylic acids is 1. The highest BCUT2D eigenvalue weighted by atomic mass is 35.5. The minimum Gasteiger partial charge on any atom is -0.468 e. The van der Waals surface area contributed by atoms with Crippen LogP contribution in [0, 0.1) is 6.92 Å². The smallest absolute Gasteiger partial charge is 0.321 e. The van der Waals surface area contributed by atoms with Crippen molar-refractivity contribution in [3.05, 3.63) is 28.8 Å². The van der Waals surface area contributed by atoms with E-state index in [0.717, 1.165) is 15.5 Å². The minimum absolute atomic E-state index is 0.231. The summed E-state index contributed by atoms with van der Waals surface area (Å²) in [5.41, 5.74) is 1.01. The van der Waals surface area contributed by atoms with E-state index < -0.39 is 4.75 Å². The Balaban J connectivity index is 2.88. The van der Waals surface area contributed by atoms with Crippen LogP contribution >= 0.6 is 23.4 Å². The van der Waals surface area contributed by atoms with E-state index in [1.54, 1.807) is 0 Å². The van der Waals surface area contributed by atoms with Crippen molar-refractivity contribution in [2.24, 2.45) is 0 Å². The van der Waals surface area contributed by atoms with Crippen LogP contribution in [0.5, 0.6) is 0 Å². The Labute approximate surface area is 105 Å². The molecule has 0 amide bonds. The second kappa shape index (κ2) is 5.11. The zero-order valence-electron chi connectivity index (χ0n) is 9.83. The van der Waals surface area contributed by atoms with Crippen molar-refractivity contribution >= 4 is 29.3 Å². The molecule has 1 rings (SSSR count). The first-order chi connectivity index (χ1) is 7.36. The van der Waals surface area contributed by atoms with Gasteiger partial charge in [-0.1, -0.05) is 11.6 Å².